The summed E-state index contributed by atoms with van der Waals surface area (Å²) in [6, 6.07) is 4.09. The molecule has 1 aliphatic rings. The lowest BCUT2D eigenvalue weighted by Crippen LogP contribution is -2.40. The van der Waals surface area contributed by atoms with Crippen LogP contribution in [0.4, 0.5) is 5.82 Å². The molecule has 20 heavy (non-hydrogen) atoms. The third-order valence-corrected chi connectivity index (χ3v) is 4.04. The van der Waals surface area contributed by atoms with E-state index < -0.39 is 5.60 Å². The first-order valence-corrected chi connectivity index (χ1v) is 7.73. The molecule has 0 aromatic carbocycles. The number of rotatable bonds is 7. The molecule has 1 saturated carbocycles. The van der Waals surface area contributed by atoms with Crippen LogP contribution in [0.1, 0.15) is 44.6 Å². The van der Waals surface area contributed by atoms with Crippen LogP contribution in [0.5, 0.6) is 0 Å². The Morgan fingerprint density at radius 2 is 2.15 bits per heavy atom. The zero-order valence-electron chi connectivity index (χ0n) is 12.7. The largest absolute Gasteiger partial charge is 0.388 e. The molecule has 0 unspecified atom stereocenters. The highest BCUT2D eigenvalue weighted by Crippen LogP contribution is 2.31. The van der Waals surface area contributed by atoms with Crippen molar-refractivity contribution in [2.45, 2.75) is 51.2 Å². The minimum absolute atomic E-state index is 0.527. The Bertz CT molecular complexity index is 416. The standard InChI is InChI=1S/C16H27N3O/c1-3-10-17-12-14-7-6-11-18-15(14)19(2)13-16(20)8-4-5-9-16/h6-7,11,17,20H,3-5,8-10,12-13H2,1-2H3. The Morgan fingerprint density at radius 1 is 1.40 bits per heavy atom. The second-order valence-electron chi connectivity index (χ2n) is 5.95. The van der Waals surface area contributed by atoms with Crippen LogP contribution in [0.15, 0.2) is 18.3 Å². The summed E-state index contributed by atoms with van der Waals surface area (Å²) in [6.45, 7) is 4.69. The van der Waals surface area contributed by atoms with E-state index in [9.17, 15) is 5.11 Å². The van der Waals surface area contributed by atoms with Gasteiger partial charge >= 0.3 is 0 Å². The quantitative estimate of drug-likeness (QED) is 0.751. The molecule has 2 N–H and O–H groups in total. The van der Waals surface area contributed by atoms with Gasteiger partial charge < -0.3 is 15.3 Å². The summed E-state index contributed by atoms with van der Waals surface area (Å²) in [7, 11) is 2.03. The van der Waals surface area contributed by atoms with Crippen molar-refractivity contribution in [3.8, 4) is 0 Å². The highest BCUT2D eigenvalue weighted by molar-refractivity contribution is 5.46. The van der Waals surface area contributed by atoms with Crippen molar-refractivity contribution in [1.82, 2.24) is 10.3 Å². The molecule has 112 valence electrons. The van der Waals surface area contributed by atoms with Crippen LogP contribution < -0.4 is 10.2 Å². The van der Waals surface area contributed by atoms with Crippen LogP contribution in [-0.2, 0) is 6.54 Å². The number of hydrogen-bond donors (Lipinski definition) is 2. The zero-order chi connectivity index (χ0) is 14.4. The fraction of sp³-hybridized carbons (Fsp3) is 0.688. The molecule has 0 saturated heterocycles. The van der Waals surface area contributed by atoms with E-state index in [1.165, 1.54) is 5.56 Å². The molecule has 1 fully saturated rings. The number of anilines is 1. The molecule has 1 heterocycles. The van der Waals surface area contributed by atoms with Crippen molar-refractivity contribution in [1.29, 1.82) is 0 Å². The topological polar surface area (TPSA) is 48.4 Å². The van der Waals surface area contributed by atoms with Gasteiger partial charge in [0.05, 0.1) is 5.60 Å². The van der Waals surface area contributed by atoms with Gasteiger partial charge in [0, 0.05) is 31.9 Å². The molecular weight excluding hydrogens is 250 g/mol. The van der Waals surface area contributed by atoms with Gasteiger partial charge in [0.1, 0.15) is 5.82 Å². The molecule has 0 atom stereocenters. The summed E-state index contributed by atoms with van der Waals surface area (Å²) in [5.74, 6) is 0.983. The lowest BCUT2D eigenvalue weighted by molar-refractivity contribution is 0.0557. The number of nitrogens with zero attached hydrogens (tertiary/aromatic N) is 2. The van der Waals surface area contributed by atoms with E-state index in [-0.39, 0.29) is 0 Å². The molecular formula is C16H27N3O. The summed E-state index contributed by atoms with van der Waals surface area (Å²) in [5, 5.41) is 14.0. The van der Waals surface area contributed by atoms with Crippen molar-refractivity contribution in [2.24, 2.45) is 0 Å². The van der Waals surface area contributed by atoms with Crippen LogP contribution in [0.2, 0.25) is 0 Å². The van der Waals surface area contributed by atoms with Gasteiger partial charge in [-0.25, -0.2) is 4.98 Å². The van der Waals surface area contributed by atoms with E-state index in [1.807, 2.05) is 19.3 Å². The van der Waals surface area contributed by atoms with Crippen molar-refractivity contribution >= 4 is 5.82 Å². The number of hydrogen-bond acceptors (Lipinski definition) is 4. The number of likely N-dealkylation sites (N-methyl/N-ethyl adjacent to an activating group) is 1. The molecule has 4 nitrogen and oxygen atoms in total. The molecule has 0 aliphatic heterocycles. The SMILES string of the molecule is CCCNCc1cccnc1N(C)CC1(O)CCCC1. The third-order valence-electron chi connectivity index (χ3n) is 4.04. The van der Waals surface area contributed by atoms with Crippen LogP contribution in [0.3, 0.4) is 0 Å². The van der Waals surface area contributed by atoms with Gasteiger partial charge in [-0.15, -0.1) is 0 Å². The minimum atomic E-state index is -0.527. The summed E-state index contributed by atoms with van der Waals surface area (Å²) in [5.41, 5.74) is 0.672. The molecule has 0 spiro atoms. The average molecular weight is 277 g/mol. The maximum absolute atomic E-state index is 10.5. The van der Waals surface area contributed by atoms with E-state index in [4.69, 9.17) is 0 Å². The van der Waals surface area contributed by atoms with Gasteiger partial charge in [0.25, 0.3) is 0 Å². The Hall–Kier alpha value is -1.13. The van der Waals surface area contributed by atoms with Crippen LogP contribution in [0.25, 0.3) is 0 Å². The fourth-order valence-electron chi connectivity index (χ4n) is 3.02. The highest BCUT2D eigenvalue weighted by Gasteiger charge is 2.32. The van der Waals surface area contributed by atoms with Gasteiger partial charge in [-0.05, 0) is 31.9 Å². The zero-order valence-corrected chi connectivity index (χ0v) is 12.7. The molecule has 2 rings (SSSR count). The lowest BCUT2D eigenvalue weighted by Gasteiger charge is -2.30. The van der Waals surface area contributed by atoms with E-state index >= 15 is 0 Å². The molecule has 1 aromatic heterocycles. The monoisotopic (exact) mass is 277 g/mol. The van der Waals surface area contributed by atoms with Crippen molar-refractivity contribution in [3.05, 3.63) is 23.9 Å². The Kier molecular flexibility index (Phi) is 5.38. The average Bonchev–Trinajstić information content (AvgIpc) is 2.86. The van der Waals surface area contributed by atoms with Gasteiger partial charge in [0.2, 0.25) is 0 Å². The molecule has 4 heteroatoms. The minimum Gasteiger partial charge on any atom is -0.388 e. The third kappa shape index (κ3) is 3.93. The Labute approximate surface area is 122 Å². The van der Waals surface area contributed by atoms with Crippen molar-refractivity contribution in [2.75, 3.05) is 25.0 Å². The van der Waals surface area contributed by atoms with Crippen LogP contribution in [-0.4, -0.2) is 35.8 Å². The predicted molar refractivity (Wildman–Crippen MR) is 82.9 cm³/mol. The Balaban J connectivity index is 2.02. The highest BCUT2D eigenvalue weighted by atomic mass is 16.3. The summed E-state index contributed by atoms with van der Waals surface area (Å²) >= 11 is 0. The van der Waals surface area contributed by atoms with Crippen molar-refractivity contribution < 1.29 is 5.11 Å². The van der Waals surface area contributed by atoms with Gasteiger partial charge in [-0.1, -0.05) is 25.8 Å². The smallest absolute Gasteiger partial charge is 0.132 e. The van der Waals surface area contributed by atoms with Crippen molar-refractivity contribution in [3.63, 3.8) is 0 Å². The number of aromatic nitrogens is 1. The normalized spacial score (nSPS) is 17.4. The molecule has 1 aromatic rings. The van der Waals surface area contributed by atoms with E-state index in [0.717, 1.165) is 51.0 Å². The molecule has 0 bridgehead atoms. The maximum atomic E-state index is 10.5. The van der Waals surface area contributed by atoms with E-state index in [2.05, 4.69) is 28.2 Å². The van der Waals surface area contributed by atoms with Crippen LogP contribution in [0, 0.1) is 0 Å². The Morgan fingerprint density at radius 3 is 2.85 bits per heavy atom. The first-order chi connectivity index (χ1) is 9.64. The molecule has 0 amide bonds. The molecule has 1 aliphatic carbocycles. The lowest BCUT2D eigenvalue weighted by atomic mass is 10.0. The first-order valence-electron chi connectivity index (χ1n) is 7.73. The summed E-state index contributed by atoms with van der Waals surface area (Å²) < 4.78 is 0. The van der Waals surface area contributed by atoms with E-state index in [1.54, 1.807) is 0 Å². The van der Waals surface area contributed by atoms with Gasteiger partial charge in [0.15, 0.2) is 0 Å². The number of pyridine rings is 1. The van der Waals surface area contributed by atoms with Gasteiger partial charge in [-0.2, -0.15) is 0 Å². The first kappa shape index (κ1) is 15.3. The second-order valence-corrected chi connectivity index (χ2v) is 5.95. The fourth-order valence-corrected chi connectivity index (χ4v) is 3.02. The number of nitrogens with one attached hydrogen (secondary N) is 1. The second kappa shape index (κ2) is 7.04. The van der Waals surface area contributed by atoms with Gasteiger partial charge in [-0.3, -0.25) is 0 Å². The van der Waals surface area contributed by atoms with E-state index in [0.29, 0.717) is 6.54 Å². The summed E-state index contributed by atoms with van der Waals surface area (Å²) in [6.07, 6.45) is 7.05. The number of aliphatic hydroxyl groups is 1. The predicted octanol–water partition coefficient (Wildman–Crippen LogP) is 2.32. The molecule has 0 radical (unpaired) electrons. The van der Waals surface area contributed by atoms with Crippen LogP contribution >= 0.6 is 0 Å². The summed E-state index contributed by atoms with van der Waals surface area (Å²) in [4.78, 5) is 6.61. The maximum Gasteiger partial charge on any atom is 0.132 e.